The minimum atomic E-state index is -2.43. The van der Waals surface area contributed by atoms with Crippen molar-refractivity contribution in [2.75, 3.05) is 0 Å². The molecule has 0 unspecified atom stereocenters. The van der Waals surface area contributed by atoms with Crippen LogP contribution < -0.4 is 0 Å². The van der Waals surface area contributed by atoms with E-state index < -0.39 is 8.56 Å². The summed E-state index contributed by atoms with van der Waals surface area (Å²) in [6.45, 7) is 10.4. The van der Waals surface area contributed by atoms with E-state index in [0.717, 1.165) is 30.6 Å². The third-order valence-electron chi connectivity index (χ3n) is 4.46. The summed E-state index contributed by atoms with van der Waals surface area (Å²) in [6.07, 6.45) is 3.32. The van der Waals surface area contributed by atoms with Gasteiger partial charge in [0.1, 0.15) is 11.5 Å². The zero-order chi connectivity index (χ0) is 17.9. The molecule has 0 heterocycles. The SMILES string of the molecule is C=C(O[Si](C)(C)OC1=C(C)CCCc2ccccc21)c1ccccc1. The smallest absolute Gasteiger partial charge is 0.454 e. The lowest BCUT2D eigenvalue weighted by Gasteiger charge is -2.28. The fourth-order valence-electron chi connectivity index (χ4n) is 3.24. The fourth-order valence-corrected chi connectivity index (χ4v) is 4.76. The highest BCUT2D eigenvalue weighted by Gasteiger charge is 2.32. The lowest BCUT2D eigenvalue weighted by atomic mass is 10.0. The predicted molar refractivity (Wildman–Crippen MR) is 107 cm³/mol. The number of hydrogen-bond donors (Lipinski definition) is 0. The number of rotatable bonds is 5. The Kier molecular flexibility index (Phi) is 5.14. The topological polar surface area (TPSA) is 18.5 Å². The van der Waals surface area contributed by atoms with Crippen LogP contribution in [0.5, 0.6) is 0 Å². The van der Waals surface area contributed by atoms with Crippen molar-refractivity contribution in [3.05, 3.63) is 83.4 Å². The van der Waals surface area contributed by atoms with Crippen molar-refractivity contribution in [1.82, 2.24) is 0 Å². The van der Waals surface area contributed by atoms with Gasteiger partial charge in [0, 0.05) is 24.2 Å². The Morgan fingerprint density at radius 3 is 2.40 bits per heavy atom. The van der Waals surface area contributed by atoms with E-state index in [1.165, 1.54) is 16.7 Å². The van der Waals surface area contributed by atoms with E-state index in [0.29, 0.717) is 5.76 Å². The molecule has 0 aromatic heterocycles. The first-order chi connectivity index (χ1) is 12.0. The number of hydrogen-bond acceptors (Lipinski definition) is 2. The van der Waals surface area contributed by atoms with Crippen LogP contribution >= 0.6 is 0 Å². The minimum absolute atomic E-state index is 0.678. The van der Waals surface area contributed by atoms with E-state index in [2.05, 4.69) is 50.9 Å². The highest BCUT2D eigenvalue weighted by atomic mass is 28.4. The number of aryl methyl sites for hydroxylation is 1. The molecule has 0 N–H and O–H groups in total. The largest absolute Gasteiger partial charge is 0.512 e. The molecule has 1 aliphatic carbocycles. The highest BCUT2D eigenvalue weighted by Crippen LogP contribution is 2.34. The second-order valence-electron chi connectivity index (χ2n) is 7.01. The van der Waals surface area contributed by atoms with Gasteiger partial charge in [-0.1, -0.05) is 61.2 Å². The van der Waals surface area contributed by atoms with E-state index in [1.54, 1.807) is 0 Å². The Bertz CT molecular complexity index is 791. The first-order valence-electron chi connectivity index (χ1n) is 8.87. The summed E-state index contributed by atoms with van der Waals surface area (Å²) in [7, 11) is -2.43. The molecular formula is C22H26O2Si. The molecule has 0 saturated carbocycles. The van der Waals surface area contributed by atoms with Crippen LogP contribution in [0.3, 0.4) is 0 Å². The van der Waals surface area contributed by atoms with E-state index in [-0.39, 0.29) is 0 Å². The predicted octanol–water partition coefficient (Wildman–Crippen LogP) is 6.16. The highest BCUT2D eigenvalue weighted by molar-refractivity contribution is 6.66. The van der Waals surface area contributed by atoms with Crippen LogP contribution in [0.2, 0.25) is 13.1 Å². The molecule has 0 aliphatic heterocycles. The zero-order valence-electron chi connectivity index (χ0n) is 15.3. The van der Waals surface area contributed by atoms with E-state index in [9.17, 15) is 0 Å². The van der Waals surface area contributed by atoms with Crippen LogP contribution in [0.4, 0.5) is 0 Å². The molecule has 0 amide bonds. The van der Waals surface area contributed by atoms with Gasteiger partial charge in [-0.15, -0.1) is 0 Å². The van der Waals surface area contributed by atoms with Gasteiger partial charge in [0.15, 0.2) is 0 Å². The van der Waals surface area contributed by atoms with Gasteiger partial charge >= 0.3 is 8.56 Å². The quantitative estimate of drug-likeness (QED) is 0.475. The van der Waals surface area contributed by atoms with Crippen LogP contribution in [0.1, 0.15) is 36.5 Å². The molecule has 2 nitrogen and oxygen atoms in total. The van der Waals surface area contributed by atoms with Crippen LogP contribution in [0, 0.1) is 0 Å². The van der Waals surface area contributed by atoms with Crippen LogP contribution in [0.15, 0.2) is 66.7 Å². The van der Waals surface area contributed by atoms with Crippen molar-refractivity contribution >= 4 is 20.1 Å². The van der Waals surface area contributed by atoms with Gasteiger partial charge in [0.25, 0.3) is 0 Å². The molecule has 0 spiro atoms. The average Bonchev–Trinajstić information content (AvgIpc) is 2.75. The molecule has 3 heteroatoms. The van der Waals surface area contributed by atoms with Crippen molar-refractivity contribution < 1.29 is 8.85 Å². The lowest BCUT2D eigenvalue weighted by Crippen LogP contribution is -2.33. The van der Waals surface area contributed by atoms with E-state index in [1.807, 2.05) is 30.3 Å². The van der Waals surface area contributed by atoms with Gasteiger partial charge in [-0.05, 0) is 37.3 Å². The molecular weight excluding hydrogens is 324 g/mol. The van der Waals surface area contributed by atoms with Crippen LogP contribution in [-0.2, 0) is 15.3 Å². The molecule has 0 saturated heterocycles. The summed E-state index contributed by atoms with van der Waals surface area (Å²) >= 11 is 0. The molecule has 3 rings (SSSR count). The molecule has 2 aromatic rings. The summed E-state index contributed by atoms with van der Waals surface area (Å²) in [6, 6.07) is 18.6. The first kappa shape index (κ1) is 17.6. The molecule has 130 valence electrons. The third kappa shape index (κ3) is 4.23. The average molecular weight is 351 g/mol. The Balaban J connectivity index is 1.83. The lowest BCUT2D eigenvalue weighted by molar-refractivity contribution is 0.351. The van der Waals surface area contributed by atoms with Crippen molar-refractivity contribution in [2.45, 2.75) is 39.3 Å². The van der Waals surface area contributed by atoms with Gasteiger partial charge in [-0.3, -0.25) is 0 Å². The molecule has 2 aromatic carbocycles. The fraction of sp³-hybridized carbons (Fsp3) is 0.273. The Morgan fingerprint density at radius 1 is 0.960 bits per heavy atom. The van der Waals surface area contributed by atoms with Gasteiger partial charge in [-0.2, -0.15) is 0 Å². The number of benzene rings is 2. The van der Waals surface area contributed by atoms with Gasteiger partial charge in [-0.25, -0.2) is 0 Å². The van der Waals surface area contributed by atoms with Gasteiger partial charge in [0.2, 0.25) is 0 Å². The maximum absolute atomic E-state index is 6.53. The van der Waals surface area contributed by atoms with Crippen molar-refractivity contribution in [2.24, 2.45) is 0 Å². The molecule has 25 heavy (non-hydrogen) atoms. The van der Waals surface area contributed by atoms with Crippen molar-refractivity contribution in [3.63, 3.8) is 0 Å². The molecule has 0 bridgehead atoms. The van der Waals surface area contributed by atoms with Crippen LogP contribution in [-0.4, -0.2) is 8.56 Å². The molecule has 0 fully saturated rings. The maximum Gasteiger partial charge on any atom is 0.454 e. The first-order valence-corrected chi connectivity index (χ1v) is 11.7. The third-order valence-corrected chi connectivity index (χ3v) is 5.89. The Labute approximate surface area is 152 Å². The number of fused-ring (bicyclic) bond motifs is 1. The Hall–Kier alpha value is -2.26. The normalized spacial score (nSPS) is 14.5. The van der Waals surface area contributed by atoms with E-state index in [4.69, 9.17) is 8.85 Å². The van der Waals surface area contributed by atoms with Gasteiger partial charge in [0.05, 0.1) is 0 Å². The monoisotopic (exact) mass is 350 g/mol. The minimum Gasteiger partial charge on any atom is -0.512 e. The van der Waals surface area contributed by atoms with Crippen LogP contribution in [0.25, 0.3) is 11.5 Å². The summed E-state index contributed by atoms with van der Waals surface area (Å²) in [5, 5.41) is 0. The number of allylic oxidation sites excluding steroid dienone is 1. The second kappa shape index (κ2) is 7.32. The molecule has 0 atom stereocenters. The molecule has 0 radical (unpaired) electrons. The standard InChI is InChI=1S/C22H26O2Si/c1-17-11-10-15-20-14-8-9-16-21(20)22(17)24-25(3,4)23-18(2)19-12-6-5-7-13-19/h5-9,12-14,16H,2,10-11,15H2,1,3-4H3. The van der Waals surface area contributed by atoms with Gasteiger partial charge < -0.3 is 8.85 Å². The summed E-state index contributed by atoms with van der Waals surface area (Å²) < 4.78 is 12.7. The van der Waals surface area contributed by atoms with Crippen molar-refractivity contribution in [3.8, 4) is 0 Å². The van der Waals surface area contributed by atoms with Crippen molar-refractivity contribution in [1.29, 1.82) is 0 Å². The summed E-state index contributed by atoms with van der Waals surface area (Å²) in [5.41, 5.74) is 4.88. The summed E-state index contributed by atoms with van der Waals surface area (Å²) in [5.74, 6) is 1.68. The summed E-state index contributed by atoms with van der Waals surface area (Å²) in [4.78, 5) is 0. The second-order valence-corrected chi connectivity index (χ2v) is 10.2. The van der Waals surface area contributed by atoms with E-state index >= 15 is 0 Å². The maximum atomic E-state index is 6.53. The Morgan fingerprint density at radius 2 is 1.64 bits per heavy atom. The zero-order valence-corrected chi connectivity index (χ0v) is 16.3. The molecule has 1 aliphatic rings.